The van der Waals surface area contributed by atoms with Crippen LogP contribution in [0.5, 0.6) is 0 Å². The van der Waals surface area contributed by atoms with Crippen molar-refractivity contribution in [3.05, 3.63) is 59.7 Å². The van der Waals surface area contributed by atoms with E-state index in [1.54, 1.807) is 0 Å². The van der Waals surface area contributed by atoms with Crippen LogP contribution in [0.2, 0.25) is 0 Å². The first kappa shape index (κ1) is 21.5. The normalized spacial score (nSPS) is 26.7. The zero-order chi connectivity index (χ0) is 22.3. The molecule has 2 fully saturated rings. The zero-order valence-corrected chi connectivity index (χ0v) is 19.0. The second-order valence-corrected chi connectivity index (χ2v) is 9.58. The Hall–Kier alpha value is -2.37. The van der Waals surface area contributed by atoms with Gasteiger partial charge in [-0.3, -0.25) is 4.90 Å². The lowest BCUT2D eigenvalue weighted by molar-refractivity contribution is -0.153. The number of rotatable bonds is 5. The smallest absolute Gasteiger partial charge is 0.410 e. The average Bonchev–Trinajstić information content (AvgIpc) is 3.11. The van der Waals surface area contributed by atoms with Crippen LogP contribution in [-0.4, -0.2) is 53.6 Å². The minimum absolute atomic E-state index is 0.0497. The van der Waals surface area contributed by atoms with Gasteiger partial charge in [0.1, 0.15) is 6.61 Å². The number of hydrogen-bond donors (Lipinski definition) is 1. The Balaban J connectivity index is 1.32. The molecular formula is C27H33NO4. The maximum absolute atomic E-state index is 13.3. The van der Waals surface area contributed by atoms with Gasteiger partial charge in [0.05, 0.1) is 30.9 Å². The van der Waals surface area contributed by atoms with Gasteiger partial charge >= 0.3 is 6.09 Å². The van der Waals surface area contributed by atoms with Crippen molar-refractivity contribution in [1.29, 1.82) is 0 Å². The van der Waals surface area contributed by atoms with Gasteiger partial charge in [0, 0.05) is 5.92 Å². The van der Waals surface area contributed by atoms with Gasteiger partial charge in [-0.15, -0.1) is 0 Å². The summed E-state index contributed by atoms with van der Waals surface area (Å²) in [5.41, 5.74) is 4.15. The number of benzene rings is 2. The molecule has 32 heavy (non-hydrogen) atoms. The van der Waals surface area contributed by atoms with Crippen molar-refractivity contribution in [3.8, 4) is 11.1 Å². The van der Waals surface area contributed by atoms with Crippen molar-refractivity contribution < 1.29 is 19.4 Å². The first-order valence-corrected chi connectivity index (χ1v) is 12.0. The van der Waals surface area contributed by atoms with E-state index >= 15 is 0 Å². The number of amides is 1. The van der Waals surface area contributed by atoms with Crippen molar-refractivity contribution >= 4 is 6.09 Å². The molecule has 1 aliphatic carbocycles. The van der Waals surface area contributed by atoms with Crippen LogP contribution in [0.15, 0.2) is 48.5 Å². The van der Waals surface area contributed by atoms with Crippen LogP contribution < -0.4 is 0 Å². The Morgan fingerprint density at radius 3 is 2.09 bits per heavy atom. The highest BCUT2D eigenvalue weighted by atomic mass is 16.6. The van der Waals surface area contributed by atoms with Gasteiger partial charge in [-0.25, -0.2) is 4.79 Å². The fourth-order valence-electron chi connectivity index (χ4n) is 6.36. The summed E-state index contributed by atoms with van der Waals surface area (Å²) in [5, 5.41) is 11.4. The number of carbonyl (C=O) groups is 1. The summed E-state index contributed by atoms with van der Waals surface area (Å²) in [6, 6.07) is 16.5. The molecule has 0 saturated carbocycles. The molecule has 2 atom stereocenters. The molecule has 0 radical (unpaired) electrons. The van der Waals surface area contributed by atoms with Crippen LogP contribution in [0.1, 0.15) is 56.6 Å². The zero-order valence-electron chi connectivity index (χ0n) is 19.0. The Labute approximate surface area is 190 Å². The molecule has 2 heterocycles. The minimum atomic E-state index is -0.733. The minimum Gasteiger partial charge on any atom is -0.448 e. The highest BCUT2D eigenvalue weighted by Gasteiger charge is 2.51. The first-order chi connectivity index (χ1) is 15.6. The van der Waals surface area contributed by atoms with Crippen molar-refractivity contribution in [2.45, 2.75) is 63.1 Å². The van der Waals surface area contributed by atoms with E-state index in [1.807, 2.05) is 17.0 Å². The maximum Gasteiger partial charge on any atom is 0.410 e. The number of fused-ring (bicyclic) bond motifs is 5. The molecule has 2 aromatic carbocycles. The molecule has 170 valence electrons. The summed E-state index contributed by atoms with van der Waals surface area (Å²) in [7, 11) is 0. The molecule has 1 N–H and O–H groups in total. The Morgan fingerprint density at radius 2 is 1.56 bits per heavy atom. The monoisotopic (exact) mass is 435 g/mol. The Bertz CT molecular complexity index is 926. The van der Waals surface area contributed by atoms with E-state index in [4.69, 9.17) is 9.47 Å². The Kier molecular flexibility index (Phi) is 5.72. The molecule has 5 rings (SSSR count). The van der Waals surface area contributed by atoms with E-state index in [1.165, 1.54) is 22.3 Å². The van der Waals surface area contributed by atoms with Crippen LogP contribution in [0.25, 0.3) is 11.1 Å². The van der Waals surface area contributed by atoms with Gasteiger partial charge in [0.2, 0.25) is 0 Å². The van der Waals surface area contributed by atoms with E-state index in [0.29, 0.717) is 32.7 Å². The van der Waals surface area contributed by atoms with Crippen LogP contribution in [0.3, 0.4) is 0 Å². The number of carbonyl (C=O) groups excluding carboxylic acids is 1. The molecule has 2 unspecified atom stereocenters. The number of aliphatic hydroxyl groups is 1. The lowest BCUT2D eigenvalue weighted by Gasteiger charge is -2.53. The van der Waals surface area contributed by atoms with Crippen LogP contribution in [0.4, 0.5) is 4.79 Å². The number of nitrogens with zero attached hydrogens (tertiary/aromatic N) is 1. The fourth-order valence-corrected chi connectivity index (χ4v) is 6.36. The van der Waals surface area contributed by atoms with Gasteiger partial charge in [-0.1, -0.05) is 75.2 Å². The lowest BCUT2D eigenvalue weighted by Crippen LogP contribution is -2.65. The van der Waals surface area contributed by atoms with Crippen molar-refractivity contribution in [3.63, 3.8) is 0 Å². The summed E-state index contributed by atoms with van der Waals surface area (Å²) < 4.78 is 11.7. The average molecular weight is 436 g/mol. The highest BCUT2D eigenvalue weighted by molar-refractivity contribution is 5.79. The first-order valence-electron chi connectivity index (χ1n) is 12.0. The highest BCUT2D eigenvalue weighted by Crippen LogP contribution is 2.45. The second-order valence-electron chi connectivity index (χ2n) is 9.58. The second kappa shape index (κ2) is 8.53. The van der Waals surface area contributed by atoms with E-state index in [-0.39, 0.29) is 30.0 Å². The fraction of sp³-hybridized carbons (Fsp3) is 0.519. The van der Waals surface area contributed by atoms with Crippen molar-refractivity contribution in [1.82, 2.24) is 4.90 Å². The van der Waals surface area contributed by atoms with E-state index < -0.39 is 5.60 Å². The largest absolute Gasteiger partial charge is 0.448 e. The standard InChI is InChI=1S/C27H33NO4/c1-3-18(4-2)27(30)13-19-15-31-16-20(14-27)28(19)26(29)32-17-25-23-11-7-5-9-21(23)22-10-6-8-12-24(22)25/h5-12,18-20,25,30H,3-4,13-17H2,1-2H3. The van der Waals surface area contributed by atoms with Crippen molar-refractivity contribution in [2.24, 2.45) is 5.92 Å². The molecule has 0 spiro atoms. The Morgan fingerprint density at radius 1 is 1.03 bits per heavy atom. The molecular weight excluding hydrogens is 402 g/mol. The molecule has 5 heteroatoms. The lowest BCUT2D eigenvalue weighted by atomic mass is 9.71. The number of morpholine rings is 1. The molecule has 2 aromatic rings. The summed E-state index contributed by atoms with van der Waals surface area (Å²) in [6.07, 6.45) is 2.72. The van der Waals surface area contributed by atoms with Crippen LogP contribution >= 0.6 is 0 Å². The molecule has 3 aliphatic rings. The third-order valence-electron chi connectivity index (χ3n) is 7.88. The predicted molar refractivity (Wildman–Crippen MR) is 124 cm³/mol. The summed E-state index contributed by atoms with van der Waals surface area (Å²) in [4.78, 5) is 15.1. The molecule has 1 amide bonds. The summed E-state index contributed by atoms with van der Waals surface area (Å²) >= 11 is 0. The molecule has 2 bridgehead atoms. The van der Waals surface area contributed by atoms with Crippen LogP contribution in [-0.2, 0) is 9.47 Å². The van der Waals surface area contributed by atoms with Gasteiger partial charge in [0.25, 0.3) is 0 Å². The molecule has 0 aromatic heterocycles. The van der Waals surface area contributed by atoms with Gasteiger partial charge in [-0.05, 0) is 41.0 Å². The molecule has 2 saturated heterocycles. The third-order valence-corrected chi connectivity index (χ3v) is 7.88. The topological polar surface area (TPSA) is 59.0 Å². The van der Waals surface area contributed by atoms with Gasteiger partial charge in [-0.2, -0.15) is 0 Å². The van der Waals surface area contributed by atoms with E-state index in [2.05, 4.69) is 50.2 Å². The quantitative estimate of drug-likeness (QED) is 0.721. The number of piperidine rings is 1. The molecule has 5 nitrogen and oxygen atoms in total. The van der Waals surface area contributed by atoms with Crippen LogP contribution in [0, 0.1) is 5.92 Å². The molecule has 2 aliphatic heterocycles. The third kappa shape index (κ3) is 3.52. The van der Waals surface area contributed by atoms with E-state index in [0.717, 1.165) is 12.8 Å². The van der Waals surface area contributed by atoms with Gasteiger partial charge in [0.15, 0.2) is 0 Å². The van der Waals surface area contributed by atoms with Crippen molar-refractivity contribution in [2.75, 3.05) is 19.8 Å². The van der Waals surface area contributed by atoms with Gasteiger partial charge < -0.3 is 14.6 Å². The number of ether oxygens (including phenoxy) is 2. The summed E-state index contributed by atoms with van der Waals surface area (Å²) in [5.74, 6) is 0.295. The maximum atomic E-state index is 13.3. The number of hydrogen-bond acceptors (Lipinski definition) is 4. The predicted octanol–water partition coefficient (Wildman–Crippen LogP) is 4.97. The van der Waals surface area contributed by atoms with E-state index in [9.17, 15) is 9.90 Å². The SMILES string of the molecule is CCC(CC)C1(O)CC2COCC(C1)N2C(=O)OCC1c2ccccc2-c2ccccc21. The summed E-state index contributed by atoms with van der Waals surface area (Å²) in [6.45, 7) is 5.51.